The van der Waals surface area contributed by atoms with Crippen LogP contribution in [0.25, 0.3) is 0 Å². The number of amides is 1. The van der Waals surface area contributed by atoms with E-state index in [2.05, 4.69) is 15.5 Å². The van der Waals surface area contributed by atoms with Crippen molar-refractivity contribution >= 4 is 46.5 Å². The zero-order valence-electron chi connectivity index (χ0n) is 14.1. The van der Waals surface area contributed by atoms with Gasteiger partial charge in [-0.15, -0.1) is 0 Å². The van der Waals surface area contributed by atoms with Gasteiger partial charge in [-0.1, -0.05) is 53.0 Å². The van der Waals surface area contributed by atoms with Gasteiger partial charge in [0.2, 0.25) is 5.91 Å². The maximum atomic E-state index is 12.5. The van der Waals surface area contributed by atoms with Gasteiger partial charge in [-0.05, 0) is 25.5 Å². The van der Waals surface area contributed by atoms with Crippen LogP contribution in [0.15, 0.2) is 36.7 Å². The van der Waals surface area contributed by atoms with E-state index in [9.17, 15) is 4.79 Å². The van der Waals surface area contributed by atoms with Crippen molar-refractivity contribution in [2.45, 2.75) is 26.4 Å². The molecule has 0 spiro atoms. The smallest absolute Gasteiger partial charge is 0.250 e. The summed E-state index contributed by atoms with van der Waals surface area (Å²) in [6, 6.07) is 6.91. The summed E-state index contributed by atoms with van der Waals surface area (Å²) in [5.41, 5.74) is 1.56. The molecular weight excluding hydrogens is 397 g/mol. The van der Waals surface area contributed by atoms with E-state index in [0.717, 1.165) is 5.56 Å². The van der Waals surface area contributed by atoms with Gasteiger partial charge in [0.15, 0.2) is 5.82 Å². The molecule has 0 bridgehead atoms. The molecule has 136 valence electrons. The molecule has 0 saturated heterocycles. The van der Waals surface area contributed by atoms with Crippen LogP contribution in [-0.2, 0) is 11.3 Å². The first-order valence-corrected chi connectivity index (χ1v) is 8.97. The number of aromatic nitrogens is 4. The molecule has 1 unspecified atom stereocenters. The number of hydrogen-bond donors (Lipinski definition) is 1. The Morgan fingerprint density at radius 3 is 2.50 bits per heavy atom. The Hall–Kier alpha value is -2.02. The molecule has 0 fully saturated rings. The summed E-state index contributed by atoms with van der Waals surface area (Å²) in [6.07, 6.45) is 3.25. The molecule has 0 aliphatic carbocycles. The third kappa shape index (κ3) is 4.03. The molecule has 0 radical (unpaired) electrons. The fourth-order valence-corrected chi connectivity index (χ4v) is 2.89. The quantitative estimate of drug-likeness (QED) is 0.666. The van der Waals surface area contributed by atoms with Gasteiger partial charge in [0.05, 0.1) is 17.3 Å². The molecule has 0 saturated carbocycles. The van der Waals surface area contributed by atoms with Crippen LogP contribution in [-0.4, -0.2) is 25.5 Å². The second kappa shape index (κ2) is 7.70. The highest BCUT2D eigenvalue weighted by atomic mass is 35.5. The number of carbonyl (C=O) groups excluding carboxylic acids is 1. The van der Waals surface area contributed by atoms with Crippen molar-refractivity contribution < 1.29 is 4.79 Å². The number of benzene rings is 1. The van der Waals surface area contributed by atoms with Crippen LogP contribution < -0.4 is 5.32 Å². The van der Waals surface area contributed by atoms with Gasteiger partial charge in [-0.25, -0.2) is 0 Å². The van der Waals surface area contributed by atoms with Gasteiger partial charge in [0, 0.05) is 17.4 Å². The molecule has 2 aromatic heterocycles. The monoisotopic (exact) mass is 411 g/mol. The molecular formula is C17H16Cl3N5O. The molecule has 3 rings (SSSR count). The fourth-order valence-electron chi connectivity index (χ4n) is 2.36. The molecule has 9 heteroatoms. The van der Waals surface area contributed by atoms with Crippen molar-refractivity contribution in [1.29, 1.82) is 0 Å². The number of nitrogens with zero attached hydrogens (tertiary/aromatic N) is 4. The average Bonchev–Trinajstić information content (AvgIpc) is 3.11. The van der Waals surface area contributed by atoms with Gasteiger partial charge in [0.1, 0.15) is 11.1 Å². The van der Waals surface area contributed by atoms with Crippen LogP contribution in [0.2, 0.25) is 15.1 Å². The summed E-state index contributed by atoms with van der Waals surface area (Å²) < 4.78 is 3.13. The maximum Gasteiger partial charge on any atom is 0.250 e. The summed E-state index contributed by atoms with van der Waals surface area (Å²) in [5, 5.41) is 12.7. The molecule has 2 heterocycles. The van der Waals surface area contributed by atoms with Crippen LogP contribution in [0.4, 0.5) is 5.82 Å². The second-order valence-corrected chi connectivity index (χ2v) is 7.04. The first kappa shape index (κ1) is 18.8. The Bertz CT molecular complexity index is 930. The highest BCUT2D eigenvalue weighted by molar-refractivity contribution is 6.33. The summed E-state index contributed by atoms with van der Waals surface area (Å²) in [4.78, 5) is 12.5. The van der Waals surface area contributed by atoms with Crippen molar-refractivity contribution in [2.75, 3.05) is 5.32 Å². The molecule has 1 N–H and O–H groups in total. The summed E-state index contributed by atoms with van der Waals surface area (Å²) >= 11 is 18.4. The lowest BCUT2D eigenvalue weighted by atomic mass is 10.2. The number of hydrogen-bond acceptors (Lipinski definition) is 3. The van der Waals surface area contributed by atoms with E-state index in [0.29, 0.717) is 27.3 Å². The Kier molecular flexibility index (Phi) is 5.55. The Morgan fingerprint density at radius 1 is 1.12 bits per heavy atom. The van der Waals surface area contributed by atoms with Crippen molar-refractivity contribution in [2.24, 2.45) is 0 Å². The molecule has 6 nitrogen and oxygen atoms in total. The Labute approximate surface area is 165 Å². The molecule has 26 heavy (non-hydrogen) atoms. The van der Waals surface area contributed by atoms with Gasteiger partial charge in [-0.3, -0.25) is 14.2 Å². The van der Waals surface area contributed by atoms with Crippen molar-refractivity contribution in [1.82, 2.24) is 19.6 Å². The SMILES string of the molecule is Cc1nn(C(C)C(=O)Nc2nn(Cc3ccccc3Cl)cc2Cl)cc1Cl. The van der Waals surface area contributed by atoms with E-state index in [1.807, 2.05) is 24.3 Å². The van der Waals surface area contributed by atoms with Gasteiger partial charge in [0.25, 0.3) is 0 Å². The molecule has 1 atom stereocenters. The predicted molar refractivity (Wildman–Crippen MR) is 103 cm³/mol. The second-order valence-electron chi connectivity index (χ2n) is 5.82. The number of rotatable bonds is 5. The molecule has 3 aromatic rings. The van der Waals surface area contributed by atoms with Crippen molar-refractivity contribution in [3.05, 3.63) is 63.0 Å². The van der Waals surface area contributed by atoms with Gasteiger partial charge in [-0.2, -0.15) is 10.2 Å². The normalized spacial score (nSPS) is 12.2. The maximum absolute atomic E-state index is 12.5. The van der Waals surface area contributed by atoms with Crippen LogP contribution in [0.3, 0.4) is 0 Å². The van der Waals surface area contributed by atoms with E-state index in [-0.39, 0.29) is 11.7 Å². The number of halogens is 3. The highest BCUT2D eigenvalue weighted by Crippen LogP contribution is 2.23. The van der Waals surface area contributed by atoms with Crippen molar-refractivity contribution in [3.8, 4) is 0 Å². The largest absolute Gasteiger partial charge is 0.306 e. The zero-order valence-corrected chi connectivity index (χ0v) is 16.3. The third-order valence-electron chi connectivity index (χ3n) is 3.88. The third-order valence-corrected chi connectivity index (χ3v) is 4.90. The minimum atomic E-state index is -0.564. The average molecular weight is 413 g/mol. The first-order chi connectivity index (χ1) is 12.3. The first-order valence-electron chi connectivity index (χ1n) is 7.83. The summed E-state index contributed by atoms with van der Waals surface area (Å²) in [6.45, 7) is 3.93. The molecule has 0 aliphatic rings. The number of nitrogens with one attached hydrogen (secondary N) is 1. The Balaban J connectivity index is 1.73. The Morgan fingerprint density at radius 2 is 1.85 bits per heavy atom. The predicted octanol–water partition coefficient (Wildman–Crippen LogP) is 4.60. The van der Waals surface area contributed by atoms with E-state index < -0.39 is 6.04 Å². The standard InChI is InChI=1S/C17H16Cl3N5O/c1-10-14(19)9-25(22-10)11(2)17(26)21-16-15(20)8-24(23-16)7-12-5-3-4-6-13(12)18/h3-6,8-9,11H,7H2,1-2H3,(H,21,23,26). The minimum Gasteiger partial charge on any atom is -0.306 e. The number of carbonyl (C=O) groups is 1. The number of anilines is 1. The summed E-state index contributed by atoms with van der Waals surface area (Å²) in [7, 11) is 0. The highest BCUT2D eigenvalue weighted by Gasteiger charge is 2.20. The van der Waals surface area contributed by atoms with Crippen molar-refractivity contribution in [3.63, 3.8) is 0 Å². The van der Waals surface area contributed by atoms with Gasteiger partial charge >= 0.3 is 0 Å². The lowest BCUT2D eigenvalue weighted by Gasteiger charge is -2.11. The lowest BCUT2D eigenvalue weighted by Crippen LogP contribution is -2.24. The van der Waals surface area contributed by atoms with Crippen LogP contribution in [0, 0.1) is 6.92 Å². The summed E-state index contributed by atoms with van der Waals surface area (Å²) in [5.74, 6) is -0.0143. The van der Waals surface area contributed by atoms with E-state index in [4.69, 9.17) is 34.8 Å². The fraction of sp³-hybridized carbons (Fsp3) is 0.235. The van der Waals surface area contributed by atoms with Crippen LogP contribution in [0.5, 0.6) is 0 Å². The zero-order chi connectivity index (χ0) is 18.8. The topological polar surface area (TPSA) is 64.7 Å². The van der Waals surface area contributed by atoms with Crippen LogP contribution in [0.1, 0.15) is 24.2 Å². The van der Waals surface area contributed by atoms with E-state index >= 15 is 0 Å². The minimum absolute atomic E-state index is 0.283. The molecule has 1 amide bonds. The van der Waals surface area contributed by atoms with Gasteiger partial charge < -0.3 is 5.32 Å². The lowest BCUT2D eigenvalue weighted by molar-refractivity contribution is -0.119. The number of aryl methyl sites for hydroxylation is 1. The van der Waals surface area contributed by atoms with E-state index in [1.165, 1.54) is 4.68 Å². The molecule has 1 aromatic carbocycles. The molecule has 0 aliphatic heterocycles. The van der Waals surface area contributed by atoms with Crippen LogP contribution >= 0.6 is 34.8 Å². The van der Waals surface area contributed by atoms with E-state index in [1.54, 1.807) is 30.9 Å².